The lowest BCUT2D eigenvalue weighted by Crippen LogP contribution is -2.44. The zero-order valence-electron chi connectivity index (χ0n) is 15.1. The third-order valence-corrected chi connectivity index (χ3v) is 5.16. The summed E-state index contributed by atoms with van der Waals surface area (Å²) >= 11 is 0. The Labute approximate surface area is 145 Å². The Kier molecular flexibility index (Phi) is 5.14. The Balaban J connectivity index is 1.48. The van der Waals surface area contributed by atoms with Gasteiger partial charge in [0.1, 0.15) is 5.60 Å². The van der Waals surface area contributed by atoms with E-state index >= 15 is 0 Å². The quantitative estimate of drug-likeness (QED) is 0.916. The maximum Gasteiger partial charge on any atom is 0.410 e. The van der Waals surface area contributed by atoms with Gasteiger partial charge in [-0.05, 0) is 57.4 Å². The van der Waals surface area contributed by atoms with Gasteiger partial charge in [0.25, 0.3) is 0 Å². The highest BCUT2D eigenvalue weighted by atomic mass is 16.6. The smallest absolute Gasteiger partial charge is 0.410 e. The van der Waals surface area contributed by atoms with Gasteiger partial charge in [0.05, 0.1) is 0 Å². The Bertz CT molecular complexity index is 553. The standard InChI is InChI=1S/C20H30N2O2/c1-20(2,3)24-19(23)22-10-9-16-11-18(12-17(16)14-22)21-13-15-7-5-4-6-8-15/h4-8,16-18,21H,9-14H2,1-3H3/t16-,17-,18?/m0/s1. The molecule has 132 valence electrons. The summed E-state index contributed by atoms with van der Waals surface area (Å²) in [6, 6.07) is 11.1. The first-order valence-electron chi connectivity index (χ1n) is 9.16. The highest BCUT2D eigenvalue weighted by Crippen LogP contribution is 2.38. The molecule has 2 fully saturated rings. The number of amides is 1. The van der Waals surface area contributed by atoms with E-state index in [4.69, 9.17) is 4.74 Å². The van der Waals surface area contributed by atoms with Crippen LogP contribution in [0.5, 0.6) is 0 Å². The molecule has 1 aromatic rings. The van der Waals surface area contributed by atoms with Crippen LogP contribution < -0.4 is 5.32 Å². The van der Waals surface area contributed by atoms with E-state index in [-0.39, 0.29) is 6.09 Å². The van der Waals surface area contributed by atoms with Gasteiger partial charge in [0, 0.05) is 25.7 Å². The third kappa shape index (κ3) is 4.50. The van der Waals surface area contributed by atoms with E-state index in [2.05, 4.69) is 35.6 Å². The number of nitrogens with zero attached hydrogens (tertiary/aromatic N) is 1. The summed E-state index contributed by atoms with van der Waals surface area (Å²) < 4.78 is 5.53. The fraction of sp³-hybridized carbons (Fsp3) is 0.650. The molecule has 1 aliphatic heterocycles. The number of likely N-dealkylation sites (tertiary alicyclic amines) is 1. The van der Waals surface area contributed by atoms with Crippen LogP contribution in [-0.4, -0.2) is 35.7 Å². The van der Waals surface area contributed by atoms with Crippen molar-refractivity contribution >= 4 is 6.09 Å². The lowest BCUT2D eigenvalue weighted by Gasteiger charge is -2.35. The van der Waals surface area contributed by atoms with E-state index in [1.165, 1.54) is 12.0 Å². The fourth-order valence-electron chi connectivity index (χ4n) is 4.00. The summed E-state index contributed by atoms with van der Waals surface area (Å²) in [5, 5.41) is 3.70. The molecule has 1 N–H and O–H groups in total. The molecule has 4 nitrogen and oxygen atoms in total. The van der Waals surface area contributed by atoms with Crippen molar-refractivity contribution in [1.29, 1.82) is 0 Å². The molecule has 1 unspecified atom stereocenters. The molecule has 4 heteroatoms. The van der Waals surface area contributed by atoms with Crippen LogP contribution in [0.3, 0.4) is 0 Å². The molecule has 2 aliphatic rings. The van der Waals surface area contributed by atoms with Crippen LogP contribution >= 0.6 is 0 Å². The molecule has 0 spiro atoms. The normalized spacial score (nSPS) is 27.0. The van der Waals surface area contributed by atoms with Gasteiger partial charge < -0.3 is 15.0 Å². The van der Waals surface area contributed by atoms with Crippen LogP contribution in [0.15, 0.2) is 30.3 Å². The van der Waals surface area contributed by atoms with Gasteiger partial charge in [-0.1, -0.05) is 30.3 Å². The second-order valence-electron chi connectivity index (χ2n) is 8.27. The van der Waals surface area contributed by atoms with E-state index < -0.39 is 5.60 Å². The van der Waals surface area contributed by atoms with E-state index in [1.807, 2.05) is 25.7 Å². The predicted octanol–water partition coefficient (Wildman–Crippen LogP) is 3.81. The molecule has 0 radical (unpaired) electrons. The zero-order valence-corrected chi connectivity index (χ0v) is 15.1. The van der Waals surface area contributed by atoms with Gasteiger partial charge in [0.15, 0.2) is 0 Å². The number of nitrogens with one attached hydrogen (secondary N) is 1. The molecule has 1 aliphatic carbocycles. The number of carbonyl (C=O) groups is 1. The van der Waals surface area contributed by atoms with E-state index in [1.54, 1.807) is 0 Å². The minimum atomic E-state index is -0.413. The number of hydrogen-bond acceptors (Lipinski definition) is 3. The van der Waals surface area contributed by atoms with Crippen molar-refractivity contribution < 1.29 is 9.53 Å². The lowest BCUT2D eigenvalue weighted by atomic mass is 9.89. The first kappa shape index (κ1) is 17.3. The Morgan fingerprint density at radius 3 is 2.62 bits per heavy atom. The number of ether oxygens (including phenoxy) is 1. The van der Waals surface area contributed by atoms with Gasteiger partial charge in [-0.3, -0.25) is 0 Å². The summed E-state index contributed by atoms with van der Waals surface area (Å²) in [7, 11) is 0. The second kappa shape index (κ2) is 7.14. The van der Waals surface area contributed by atoms with Crippen LogP contribution in [0, 0.1) is 11.8 Å². The second-order valence-corrected chi connectivity index (χ2v) is 8.27. The minimum Gasteiger partial charge on any atom is -0.444 e. The largest absolute Gasteiger partial charge is 0.444 e. The van der Waals surface area contributed by atoms with E-state index in [0.29, 0.717) is 12.0 Å². The van der Waals surface area contributed by atoms with Gasteiger partial charge in [-0.15, -0.1) is 0 Å². The van der Waals surface area contributed by atoms with Crippen LogP contribution in [0.25, 0.3) is 0 Å². The molecule has 1 aromatic carbocycles. The third-order valence-electron chi connectivity index (χ3n) is 5.16. The molecule has 1 amide bonds. The number of benzene rings is 1. The van der Waals surface area contributed by atoms with Crippen molar-refractivity contribution in [2.45, 2.75) is 58.2 Å². The van der Waals surface area contributed by atoms with Crippen molar-refractivity contribution in [2.75, 3.05) is 13.1 Å². The van der Waals surface area contributed by atoms with Crippen LogP contribution in [0.2, 0.25) is 0 Å². The van der Waals surface area contributed by atoms with Crippen molar-refractivity contribution in [3.05, 3.63) is 35.9 Å². The average Bonchev–Trinajstić information content (AvgIpc) is 2.94. The van der Waals surface area contributed by atoms with Gasteiger partial charge in [-0.25, -0.2) is 4.79 Å². The number of piperidine rings is 1. The van der Waals surface area contributed by atoms with Crippen LogP contribution in [0.4, 0.5) is 4.79 Å². The van der Waals surface area contributed by atoms with Gasteiger partial charge >= 0.3 is 6.09 Å². The van der Waals surface area contributed by atoms with Crippen molar-refractivity contribution in [3.63, 3.8) is 0 Å². The maximum absolute atomic E-state index is 12.3. The molecular formula is C20H30N2O2. The highest BCUT2D eigenvalue weighted by molar-refractivity contribution is 5.68. The molecule has 1 heterocycles. The number of hydrogen-bond donors (Lipinski definition) is 1. The molecule has 1 saturated carbocycles. The molecule has 0 bridgehead atoms. The SMILES string of the molecule is CC(C)(C)OC(=O)N1CC[C@H]2CC(NCc3ccccc3)C[C@H]2C1. The number of rotatable bonds is 3. The van der Waals surface area contributed by atoms with E-state index in [9.17, 15) is 4.79 Å². The molecule has 3 rings (SSSR count). The fourth-order valence-corrected chi connectivity index (χ4v) is 4.00. The molecule has 24 heavy (non-hydrogen) atoms. The number of fused-ring (bicyclic) bond motifs is 1. The lowest BCUT2D eigenvalue weighted by molar-refractivity contribution is 0.0127. The summed E-state index contributed by atoms with van der Waals surface area (Å²) in [4.78, 5) is 14.2. The number of carbonyl (C=O) groups excluding carboxylic acids is 1. The van der Waals surface area contributed by atoms with Crippen LogP contribution in [-0.2, 0) is 11.3 Å². The highest BCUT2D eigenvalue weighted by Gasteiger charge is 2.39. The summed E-state index contributed by atoms with van der Waals surface area (Å²) in [5.41, 5.74) is 0.923. The molecular weight excluding hydrogens is 300 g/mol. The van der Waals surface area contributed by atoms with Crippen molar-refractivity contribution in [3.8, 4) is 0 Å². The zero-order chi connectivity index (χ0) is 17.2. The first-order valence-corrected chi connectivity index (χ1v) is 9.16. The predicted molar refractivity (Wildman–Crippen MR) is 95.7 cm³/mol. The average molecular weight is 330 g/mol. The molecule has 1 saturated heterocycles. The first-order chi connectivity index (χ1) is 11.4. The minimum absolute atomic E-state index is 0.151. The van der Waals surface area contributed by atoms with E-state index in [0.717, 1.165) is 38.4 Å². The summed E-state index contributed by atoms with van der Waals surface area (Å²) in [5.74, 6) is 1.36. The topological polar surface area (TPSA) is 41.6 Å². The molecule has 0 aromatic heterocycles. The monoisotopic (exact) mass is 330 g/mol. The van der Waals surface area contributed by atoms with Gasteiger partial charge in [-0.2, -0.15) is 0 Å². The Morgan fingerprint density at radius 2 is 1.92 bits per heavy atom. The van der Waals surface area contributed by atoms with Crippen molar-refractivity contribution in [1.82, 2.24) is 10.2 Å². The van der Waals surface area contributed by atoms with Crippen molar-refractivity contribution in [2.24, 2.45) is 11.8 Å². The van der Waals surface area contributed by atoms with Gasteiger partial charge in [0.2, 0.25) is 0 Å². The maximum atomic E-state index is 12.3. The summed E-state index contributed by atoms with van der Waals surface area (Å²) in [6.07, 6.45) is 3.35. The Hall–Kier alpha value is -1.55. The summed E-state index contributed by atoms with van der Waals surface area (Å²) in [6.45, 7) is 8.40. The Morgan fingerprint density at radius 1 is 1.21 bits per heavy atom. The van der Waals surface area contributed by atoms with Crippen LogP contribution in [0.1, 0.15) is 45.6 Å². The molecule has 3 atom stereocenters.